The van der Waals surface area contributed by atoms with Gasteiger partial charge in [0, 0.05) is 25.0 Å². The third-order valence-corrected chi connectivity index (χ3v) is 6.30. The van der Waals surface area contributed by atoms with E-state index in [1.807, 2.05) is 0 Å². The van der Waals surface area contributed by atoms with Crippen LogP contribution in [0.1, 0.15) is 12.8 Å². The summed E-state index contributed by atoms with van der Waals surface area (Å²) in [5, 5.41) is 0. The number of hydrogen-bond acceptors (Lipinski definition) is 5. The smallest absolute Gasteiger partial charge is 0.211 e. The van der Waals surface area contributed by atoms with E-state index in [2.05, 4.69) is 4.98 Å². The van der Waals surface area contributed by atoms with Crippen LogP contribution >= 0.6 is 0 Å². The van der Waals surface area contributed by atoms with Crippen molar-refractivity contribution in [1.82, 2.24) is 9.29 Å². The van der Waals surface area contributed by atoms with Gasteiger partial charge in [-0.2, -0.15) is 0 Å². The number of pyridine rings is 1. The quantitative estimate of drug-likeness (QED) is 0.870. The number of sulfonamides is 1. The Morgan fingerprint density at radius 1 is 1.55 bits per heavy atom. The minimum Gasteiger partial charge on any atom is -0.396 e. The summed E-state index contributed by atoms with van der Waals surface area (Å²) in [6.45, 7) is 0.995. The van der Waals surface area contributed by atoms with E-state index in [1.54, 1.807) is 12.3 Å². The first-order chi connectivity index (χ1) is 9.38. The number of hydrogen-bond donors (Lipinski definition) is 1. The molecule has 2 N–H and O–H groups in total. The van der Waals surface area contributed by atoms with Crippen LogP contribution in [0.4, 0.5) is 5.69 Å². The fraction of sp³-hybridized carbons (Fsp3) is 0.583. The Bertz CT molecular complexity index is 604. The number of nitrogen functional groups attached to an aromatic ring is 1. The maximum Gasteiger partial charge on any atom is 0.211 e. The zero-order valence-electron chi connectivity index (χ0n) is 11.4. The van der Waals surface area contributed by atoms with Gasteiger partial charge in [0.2, 0.25) is 10.0 Å². The molecule has 1 fully saturated rings. The summed E-state index contributed by atoms with van der Waals surface area (Å²) in [6.07, 6.45) is 5.96. The minimum absolute atomic E-state index is 0.104. The summed E-state index contributed by atoms with van der Waals surface area (Å²) in [7, 11) is -4.39. The highest BCUT2D eigenvalue weighted by Crippen LogP contribution is 2.23. The zero-order chi connectivity index (χ0) is 14.8. The third kappa shape index (κ3) is 3.77. The first-order valence-electron chi connectivity index (χ1n) is 6.41. The number of aromatic nitrogens is 1. The average Bonchev–Trinajstić information content (AvgIpc) is 2.38. The van der Waals surface area contributed by atoms with Crippen molar-refractivity contribution in [1.29, 1.82) is 0 Å². The summed E-state index contributed by atoms with van der Waals surface area (Å²) in [5.74, 6) is 0.534. The Morgan fingerprint density at radius 3 is 2.95 bits per heavy atom. The standard InChI is InChI=1S/C12H19N3O3S2/c1-20(17,18)15-6-2-3-10(8-15)9-19(16)12-4-5-14-7-11(12)13/h4-5,7,10H,2-3,6,8-9,13H2,1H3. The van der Waals surface area contributed by atoms with E-state index in [9.17, 15) is 12.6 Å². The first kappa shape index (κ1) is 15.4. The second-order valence-corrected chi connectivity index (χ2v) is 8.50. The van der Waals surface area contributed by atoms with Crippen molar-refractivity contribution in [2.24, 2.45) is 5.92 Å². The van der Waals surface area contributed by atoms with Crippen molar-refractivity contribution in [2.45, 2.75) is 17.7 Å². The van der Waals surface area contributed by atoms with Crippen LogP contribution in [0.5, 0.6) is 0 Å². The zero-order valence-corrected chi connectivity index (χ0v) is 13.0. The molecule has 0 aromatic carbocycles. The van der Waals surface area contributed by atoms with Crippen molar-refractivity contribution in [2.75, 3.05) is 30.8 Å². The van der Waals surface area contributed by atoms with E-state index in [0.29, 0.717) is 29.4 Å². The lowest BCUT2D eigenvalue weighted by molar-refractivity contribution is 0.285. The highest BCUT2D eigenvalue weighted by Gasteiger charge is 2.27. The molecule has 2 rings (SSSR count). The van der Waals surface area contributed by atoms with E-state index < -0.39 is 20.8 Å². The van der Waals surface area contributed by atoms with E-state index in [0.717, 1.165) is 12.8 Å². The molecule has 2 unspecified atom stereocenters. The summed E-state index contributed by atoms with van der Waals surface area (Å²) >= 11 is 0. The van der Waals surface area contributed by atoms with Crippen LogP contribution in [0.3, 0.4) is 0 Å². The molecule has 0 radical (unpaired) electrons. The number of rotatable bonds is 4. The van der Waals surface area contributed by atoms with Crippen molar-refractivity contribution in [3.63, 3.8) is 0 Å². The second kappa shape index (κ2) is 6.19. The molecule has 2 atom stereocenters. The summed E-state index contributed by atoms with van der Waals surface area (Å²) < 4.78 is 36.9. The van der Waals surface area contributed by atoms with Crippen molar-refractivity contribution >= 4 is 26.5 Å². The molecule has 1 aliphatic heterocycles. The van der Waals surface area contributed by atoms with Crippen LogP contribution in [-0.4, -0.2) is 47.0 Å². The average molecular weight is 317 g/mol. The van der Waals surface area contributed by atoms with Gasteiger partial charge >= 0.3 is 0 Å². The van der Waals surface area contributed by atoms with Crippen molar-refractivity contribution in [3.05, 3.63) is 18.5 Å². The van der Waals surface area contributed by atoms with E-state index in [-0.39, 0.29) is 5.92 Å². The molecule has 112 valence electrons. The Kier molecular flexibility index (Phi) is 4.77. The van der Waals surface area contributed by atoms with Gasteiger partial charge in [0.15, 0.2) is 0 Å². The number of piperidine rings is 1. The fourth-order valence-corrected chi connectivity index (χ4v) is 4.72. The van der Waals surface area contributed by atoms with Gasteiger partial charge in [-0.15, -0.1) is 0 Å². The van der Waals surface area contributed by atoms with Gasteiger partial charge in [0.1, 0.15) is 0 Å². The molecular formula is C12H19N3O3S2. The second-order valence-electron chi connectivity index (χ2n) is 5.05. The van der Waals surface area contributed by atoms with E-state index in [4.69, 9.17) is 5.73 Å². The molecule has 0 spiro atoms. The molecule has 1 aromatic heterocycles. The van der Waals surface area contributed by atoms with Gasteiger partial charge in [-0.25, -0.2) is 12.7 Å². The lowest BCUT2D eigenvalue weighted by Gasteiger charge is -2.30. The molecule has 1 saturated heterocycles. The van der Waals surface area contributed by atoms with Crippen LogP contribution in [0, 0.1) is 5.92 Å². The molecule has 0 saturated carbocycles. The van der Waals surface area contributed by atoms with Gasteiger partial charge in [-0.3, -0.25) is 9.19 Å². The van der Waals surface area contributed by atoms with Crippen LogP contribution in [-0.2, 0) is 20.8 Å². The third-order valence-electron chi connectivity index (χ3n) is 3.39. The summed E-state index contributed by atoms with van der Waals surface area (Å²) in [6, 6.07) is 1.66. The number of anilines is 1. The maximum absolute atomic E-state index is 12.3. The minimum atomic E-state index is -3.17. The van der Waals surface area contributed by atoms with Crippen molar-refractivity contribution in [3.8, 4) is 0 Å². The Balaban J connectivity index is 2.03. The maximum atomic E-state index is 12.3. The molecule has 1 aromatic rings. The monoisotopic (exact) mass is 317 g/mol. The lowest BCUT2D eigenvalue weighted by atomic mass is 10.0. The molecule has 20 heavy (non-hydrogen) atoms. The predicted molar refractivity (Wildman–Crippen MR) is 79.1 cm³/mol. The topological polar surface area (TPSA) is 93.4 Å². The normalized spacial score (nSPS) is 22.6. The van der Waals surface area contributed by atoms with Gasteiger partial charge < -0.3 is 5.73 Å². The van der Waals surface area contributed by atoms with Gasteiger partial charge in [0.25, 0.3) is 0 Å². The molecular weight excluding hydrogens is 298 g/mol. The number of nitrogens with zero attached hydrogens (tertiary/aromatic N) is 2. The molecule has 8 heteroatoms. The van der Waals surface area contributed by atoms with Crippen LogP contribution in [0.25, 0.3) is 0 Å². The highest BCUT2D eigenvalue weighted by molar-refractivity contribution is 7.88. The first-order valence-corrected chi connectivity index (χ1v) is 9.57. The molecule has 1 aliphatic rings. The molecule has 6 nitrogen and oxygen atoms in total. The predicted octanol–water partition coefficient (Wildman–Crippen LogP) is 0.443. The van der Waals surface area contributed by atoms with Gasteiger partial charge in [-0.1, -0.05) is 0 Å². The van der Waals surface area contributed by atoms with E-state index >= 15 is 0 Å². The molecule has 0 amide bonds. The molecule has 2 heterocycles. The van der Waals surface area contributed by atoms with Crippen LogP contribution < -0.4 is 5.73 Å². The Hall–Kier alpha value is -0.990. The Labute approximate surface area is 121 Å². The van der Waals surface area contributed by atoms with Crippen LogP contribution in [0.2, 0.25) is 0 Å². The molecule has 0 bridgehead atoms. The van der Waals surface area contributed by atoms with E-state index in [1.165, 1.54) is 16.8 Å². The summed E-state index contributed by atoms with van der Waals surface area (Å²) in [5.41, 5.74) is 6.18. The number of nitrogens with two attached hydrogens (primary N) is 1. The van der Waals surface area contributed by atoms with Gasteiger partial charge in [-0.05, 0) is 24.8 Å². The van der Waals surface area contributed by atoms with Crippen molar-refractivity contribution < 1.29 is 12.6 Å². The fourth-order valence-electron chi connectivity index (χ4n) is 2.37. The lowest BCUT2D eigenvalue weighted by Crippen LogP contribution is -2.40. The summed E-state index contributed by atoms with van der Waals surface area (Å²) in [4.78, 5) is 4.45. The SMILES string of the molecule is CS(=O)(=O)N1CCCC(CS(=O)c2ccncc2N)C1. The molecule has 0 aliphatic carbocycles. The van der Waals surface area contributed by atoms with Gasteiger partial charge in [0.05, 0.1) is 33.8 Å². The Morgan fingerprint density at radius 2 is 2.30 bits per heavy atom. The van der Waals surface area contributed by atoms with Crippen LogP contribution in [0.15, 0.2) is 23.4 Å². The highest BCUT2D eigenvalue weighted by atomic mass is 32.2. The largest absolute Gasteiger partial charge is 0.396 e.